The maximum atomic E-state index is 11.8. The molecule has 16 heavy (non-hydrogen) atoms. The summed E-state index contributed by atoms with van der Waals surface area (Å²) in [4.78, 5) is 11.1. The molecule has 0 saturated heterocycles. The number of rotatable bonds is 6. The summed E-state index contributed by atoms with van der Waals surface area (Å²) in [6.07, 6.45) is -2.51. The number of aliphatic hydroxyl groups is 1. The minimum absolute atomic E-state index is 0.0168. The smallest absolute Gasteiger partial charge is 0.396 e. The van der Waals surface area contributed by atoms with Crippen molar-refractivity contribution in [1.29, 1.82) is 0 Å². The number of hydrogen-bond acceptors (Lipinski definition) is 3. The van der Waals surface area contributed by atoms with E-state index >= 15 is 0 Å². The van der Waals surface area contributed by atoms with Crippen LogP contribution in [-0.2, 0) is 4.79 Å². The van der Waals surface area contributed by atoms with Gasteiger partial charge in [-0.15, -0.1) is 11.8 Å². The van der Waals surface area contributed by atoms with Crippen molar-refractivity contribution in [2.24, 2.45) is 5.41 Å². The number of thioether (sulfide) groups is 1. The Balaban J connectivity index is 2.08. The first kappa shape index (κ1) is 13.6. The van der Waals surface area contributed by atoms with Gasteiger partial charge in [0.15, 0.2) is 0 Å². The highest BCUT2D eigenvalue weighted by Gasteiger charge is 2.42. The van der Waals surface area contributed by atoms with Crippen LogP contribution in [0.5, 0.6) is 0 Å². The van der Waals surface area contributed by atoms with Gasteiger partial charge in [0.1, 0.15) is 0 Å². The molecule has 0 radical (unpaired) electrons. The van der Waals surface area contributed by atoms with Gasteiger partial charge in [0, 0.05) is 12.0 Å². The summed E-state index contributed by atoms with van der Waals surface area (Å²) in [6.45, 7) is 0.373. The molecule has 94 valence electrons. The van der Waals surface area contributed by atoms with Crippen molar-refractivity contribution < 1.29 is 23.1 Å². The molecule has 0 spiro atoms. The van der Waals surface area contributed by atoms with Crippen LogP contribution in [-0.4, -0.2) is 41.8 Å². The van der Waals surface area contributed by atoms with Crippen molar-refractivity contribution in [3.05, 3.63) is 0 Å². The van der Waals surface area contributed by atoms with Gasteiger partial charge >= 0.3 is 6.18 Å². The van der Waals surface area contributed by atoms with Gasteiger partial charge in [-0.2, -0.15) is 13.2 Å². The van der Waals surface area contributed by atoms with Gasteiger partial charge in [-0.1, -0.05) is 0 Å². The summed E-state index contributed by atoms with van der Waals surface area (Å²) in [6, 6.07) is 0. The number of hydrogen-bond donors (Lipinski definition) is 2. The molecule has 1 amide bonds. The predicted octanol–water partition coefficient (Wildman–Crippen LogP) is 1.17. The number of alkyl halides is 3. The fraction of sp³-hybridized carbons (Fsp3) is 0.889. The van der Waals surface area contributed by atoms with Crippen molar-refractivity contribution in [2.45, 2.75) is 19.0 Å². The largest absolute Gasteiger partial charge is 0.397 e. The third-order valence-corrected chi connectivity index (χ3v) is 3.45. The maximum Gasteiger partial charge on any atom is 0.397 e. The average Bonchev–Trinajstić information content (AvgIpc) is 2.93. The second kappa shape index (κ2) is 5.27. The molecule has 2 N–H and O–H groups in total. The Morgan fingerprint density at radius 1 is 1.44 bits per heavy atom. The lowest BCUT2D eigenvalue weighted by Gasteiger charge is -2.12. The fourth-order valence-electron chi connectivity index (χ4n) is 1.16. The molecule has 1 saturated carbocycles. The highest BCUT2D eigenvalue weighted by atomic mass is 32.2. The number of carbonyl (C=O) groups excluding carboxylic acids is 1. The molecule has 1 aliphatic rings. The Labute approximate surface area is 95.8 Å². The van der Waals surface area contributed by atoms with Gasteiger partial charge in [0.25, 0.3) is 0 Å². The SMILES string of the molecule is O=C(CSCC(F)(F)F)NCC1(CO)CC1. The molecule has 0 unspecified atom stereocenters. The van der Waals surface area contributed by atoms with E-state index in [9.17, 15) is 18.0 Å². The molecule has 0 aliphatic heterocycles. The Morgan fingerprint density at radius 2 is 2.06 bits per heavy atom. The first-order chi connectivity index (χ1) is 7.37. The van der Waals surface area contributed by atoms with E-state index < -0.39 is 17.8 Å². The van der Waals surface area contributed by atoms with E-state index in [1.807, 2.05) is 0 Å². The normalized spacial score (nSPS) is 18.2. The van der Waals surface area contributed by atoms with Crippen LogP contribution in [0.2, 0.25) is 0 Å². The van der Waals surface area contributed by atoms with Crippen molar-refractivity contribution in [1.82, 2.24) is 5.32 Å². The van der Waals surface area contributed by atoms with Crippen molar-refractivity contribution in [3.63, 3.8) is 0 Å². The predicted molar refractivity (Wildman–Crippen MR) is 55.1 cm³/mol. The zero-order chi connectivity index (χ0) is 12.2. The van der Waals surface area contributed by atoms with Gasteiger partial charge < -0.3 is 10.4 Å². The molecule has 0 aromatic rings. The van der Waals surface area contributed by atoms with Crippen LogP contribution >= 0.6 is 11.8 Å². The van der Waals surface area contributed by atoms with Crippen LogP contribution in [0.25, 0.3) is 0 Å². The molecule has 1 fully saturated rings. The number of nitrogens with one attached hydrogen (secondary N) is 1. The van der Waals surface area contributed by atoms with Crippen LogP contribution < -0.4 is 5.32 Å². The van der Waals surface area contributed by atoms with Gasteiger partial charge in [-0.25, -0.2) is 0 Å². The Bertz CT molecular complexity index is 254. The topological polar surface area (TPSA) is 49.3 Å². The average molecular weight is 257 g/mol. The summed E-state index contributed by atoms with van der Waals surface area (Å²) in [5.74, 6) is -1.61. The molecule has 0 aromatic heterocycles. The van der Waals surface area contributed by atoms with Crippen molar-refractivity contribution in [2.75, 3.05) is 24.7 Å². The quantitative estimate of drug-likeness (QED) is 0.751. The van der Waals surface area contributed by atoms with E-state index in [4.69, 9.17) is 5.11 Å². The highest BCUT2D eigenvalue weighted by molar-refractivity contribution is 8.00. The number of halogens is 3. The minimum Gasteiger partial charge on any atom is -0.396 e. The van der Waals surface area contributed by atoms with Crippen LogP contribution in [0.4, 0.5) is 13.2 Å². The summed E-state index contributed by atoms with van der Waals surface area (Å²) in [7, 11) is 0. The first-order valence-electron chi connectivity index (χ1n) is 4.89. The molecule has 0 heterocycles. The number of aliphatic hydroxyl groups excluding tert-OH is 1. The molecule has 0 bridgehead atoms. The molecule has 7 heteroatoms. The minimum atomic E-state index is -4.23. The van der Waals surface area contributed by atoms with E-state index in [0.29, 0.717) is 18.3 Å². The lowest BCUT2D eigenvalue weighted by molar-refractivity contribution is -0.118. The number of carbonyl (C=O) groups is 1. The second-order valence-corrected chi connectivity index (χ2v) is 5.03. The molecule has 0 atom stereocenters. The van der Waals surface area contributed by atoms with Gasteiger partial charge in [0.05, 0.1) is 18.1 Å². The lowest BCUT2D eigenvalue weighted by Crippen LogP contribution is -2.33. The van der Waals surface area contributed by atoms with Crippen LogP contribution in [0.1, 0.15) is 12.8 Å². The third-order valence-electron chi connectivity index (χ3n) is 2.45. The zero-order valence-electron chi connectivity index (χ0n) is 8.64. The molecule has 1 rings (SSSR count). The van der Waals surface area contributed by atoms with Crippen LogP contribution in [0, 0.1) is 5.41 Å². The van der Waals surface area contributed by atoms with Crippen molar-refractivity contribution in [3.8, 4) is 0 Å². The summed E-state index contributed by atoms with van der Waals surface area (Å²) >= 11 is 0.547. The van der Waals surface area contributed by atoms with E-state index in [1.54, 1.807) is 0 Å². The Morgan fingerprint density at radius 3 is 2.50 bits per heavy atom. The van der Waals surface area contributed by atoms with Crippen LogP contribution in [0.15, 0.2) is 0 Å². The van der Waals surface area contributed by atoms with E-state index in [0.717, 1.165) is 12.8 Å². The summed E-state index contributed by atoms with van der Waals surface area (Å²) in [5.41, 5.74) is -0.204. The maximum absolute atomic E-state index is 11.8. The van der Waals surface area contributed by atoms with Gasteiger partial charge in [0.2, 0.25) is 5.91 Å². The monoisotopic (exact) mass is 257 g/mol. The lowest BCUT2D eigenvalue weighted by atomic mass is 10.1. The van der Waals surface area contributed by atoms with E-state index in [2.05, 4.69) is 5.32 Å². The van der Waals surface area contributed by atoms with Gasteiger partial charge in [-0.3, -0.25) is 4.79 Å². The van der Waals surface area contributed by atoms with Crippen LogP contribution in [0.3, 0.4) is 0 Å². The van der Waals surface area contributed by atoms with E-state index in [-0.39, 0.29) is 17.8 Å². The molecular weight excluding hydrogens is 243 g/mol. The first-order valence-corrected chi connectivity index (χ1v) is 6.04. The second-order valence-electron chi connectivity index (χ2n) is 4.04. The standard InChI is InChI=1S/C9H14F3NO2S/c10-9(11,12)6-16-3-7(15)13-4-8(5-14)1-2-8/h14H,1-6H2,(H,13,15). The van der Waals surface area contributed by atoms with Crippen molar-refractivity contribution >= 4 is 17.7 Å². The fourth-order valence-corrected chi connectivity index (χ4v) is 1.79. The molecular formula is C9H14F3NO2S. The molecule has 3 nitrogen and oxygen atoms in total. The van der Waals surface area contributed by atoms with E-state index in [1.165, 1.54) is 0 Å². The Hall–Kier alpha value is -0.430. The third kappa shape index (κ3) is 5.07. The zero-order valence-corrected chi connectivity index (χ0v) is 9.46. The number of amides is 1. The summed E-state index contributed by atoms with van der Waals surface area (Å²) < 4.78 is 35.3. The van der Waals surface area contributed by atoms with Gasteiger partial charge in [-0.05, 0) is 12.8 Å². The molecule has 0 aromatic carbocycles. The summed E-state index contributed by atoms with van der Waals surface area (Å²) in [5, 5.41) is 11.5. The Kier molecular flexibility index (Phi) is 4.49. The highest BCUT2D eigenvalue weighted by Crippen LogP contribution is 2.44. The molecule has 1 aliphatic carbocycles.